The second-order valence-corrected chi connectivity index (χ2v) is 9.21. The van der Waals surface area contributed by atoms with Crippen LogP contribution in [0.3, 0.4) is 0 Å². The van der Waals surface area contributed by atoms with Gasteiger partial charge >= 0.3 is 0 Å². The molecule has 0 spiro atoms. The Kier molecular flexibility index (Phi) is 8.15. The number of halogens is 1. The fourth-order valence-corrected chi connectivity index (χ4v) is 4.75. The Bertz CT molecular complexity index is 1180. The largest absolute Gasteiger partial charge is 0.497 e. The lowest BCUT2D eigenvalue weighted by Crippen LogP contribution is -2.46. The van der Waals surface area contributed by atoms with Crippen molar-refractivity contribution in [1.29, 1.82) is 0 Å². The van der Waals surface area contributed by atoms with Gasteiger partial charge in [0.25, 0.3) is 0 Å². The van der Waals surface area contributed by atoms with Crippen LogP contribution in [0.4, 0.5) is 10.1 Å². The maximum atomic E-state index is 13.4. The highest BCUT2D eigenvalue weighted by molar-refractivity contribution is 8.15. The Morgan fingerprint density at radius 2 is 1.77 bits per heavy atom. The highest BCUT2D eigenvalue weighted by Gasteiger charge is 2.35. The normalized spacial score (nSPS) is 16.9. The summed E-state index contributed by atoms with van der Waals surface area (Å²) in [7, 11) is 1.59. The number of aliphatic imine (C=N–C) groups is 1. The first-order valence-electron chi connectivity index (χ1n) is 11.3. The monoisotopic (exact) mass is 491 g/mol. The SMILES string of the molecule is COc1ccc(N=C2S[C@@H](C(=O)NCCc3ccccc3)CC(=O)N2Cc2ccc(F)cc2)cc1. The number of hydrogen-bond donors (Lipinski definition) is 1. The van der Waals surface area contributed by atoms with Crippen molar-refractivity contribution in [3.8, 4) is 5.75 Å². The first-order valence-corrected chi connectivity index (χ1v) is 12.2. The molecule has 1 aliphatic rings. The van der Waals surface area contributed by atoms with Gasteiger partial charge in [-0.3, -0.25) is 14.5 Å². The van der Waals surface area contributed by atoms with Gasteiger partial charge in [-0.1, -0.05) is 54.2 Å². The number of benzene rings is 3. The molecule has 0 radical (unpaired) electrons. The molecule has 180 valence electrons. The Labute approximate surface area is 208 Å². The third-order valence-electron chi connectivity index (χ3n) is 5.54. The molecule has 1 heterocycles. The molecule has 0 aromatic heterocycles. The van der Waals surface area contributed by atoms with Crippen molar-refractivity contribution in [2.24, 2.45) is 4.99 Å². The molecule has 1 fully saturated rings. The van der Waals surface area contributed by atoms with Crippen molar-refractivity contribution in [2.45, 2.75) is 24.6 Å². The van der Waals surface area contributed by atoms with Crippen LogP contribution in [0.25, 0.3) is 0 Å². The van der Waals surface area contributed by atoms with Crippen molar-refractivity contribution in [3.05, 3.63) is 95.8 Å². The molecule has 0 unspecified atom stereocenters. The Hall–Kier alpha value is -3.65. The van der Waals surface area contributed by atoms with Gasteiger partial charge in [-0.25, -0.2) is 9.38 Å². The van der Waals surface area contributed by atoms with Crippen molar-refractivity contribution in [3.63, 3.8) is 0 Å². The minimum atomic E-state index is -0.584. The standard InChI is InChI=1S/C27H26FN3O3S/c1-34-23-13-11-22(12-14-23)30-27-31(18-20-7-9-21(28)10-8-20)25(32)17-24(35-27)26(33)29-16-15-19-5-3-2-4-6-19/h2-14,24H,15-18H2,1H3,(H,29,33)/t24-/m1/s1. The second kappa shape index (κ2) is 11.7. The summed E-state index contributed by atoms with van der Waals surface area (Å²) in [6.45, 7) is 0.724. The highest BCUT2D eigenvalue weighted by Crippen LogP contribution is 2.31. The average molecular weight is 492 g/mol. The van der Waals surface area contributed by atoms with Gasteiger partial charge in [-0.05, 0) is 53.9 Å². The maximum Gasteiger partial charge on any atom is 0.234 e. The van der Waals surface area contributed by atoms with Gasteiger partial charge in [-0.2, -0.15) is 0 Å². The van der Waals surface area contributed by atoms with E-state index in [1.807, 2.05) is 30.3 Å². The lowest BCUT2D eigenvalue weighted by molar-refractivity contribution is -0.130. The number of thioether (sulfide) groups is 1. The Morgan fingerprint density at radius 3 is 2.46 bits per heavy atom. The van der Waals surface area contributed by atoms with Crippen LogP contribution in [0.1, 0.15) is 17.5 Å². The Balaban J connectivity index is 1.50. The van der Waals surface area contributed by atoms with E-state index in [2.05, 4.69) is 10.3 Å². The number of methoxy groups -OCH3 is 1. The highest BCUT2D eigenvalue weighted by atomic mass is 32.2. The number of rotatable bonds is 8. The van der Waals surface area contributed by atoms with Gasteiger partial charge in [0, 0.05) is 13.0 Å². The molecule has 0 saturated carbocycles. The summed E-state index contributed by atoms with van der Waals surface area (Å²) in [5, 5.41) is 2.79. The number of nitrogens with zero attached hydrogens (tertiary/aromatic N) is 2. The van der Waals surface area contributed by atoms with Gasteiger partial charge < -0.3 is 10.1 Å². The summed E-state index contributed by atoms with van der Waals surface area (Å²) in [5.41, 5.74) is 2.54. The summed E-state index contributed by atoms with van der Waals surface area (Å²) in [6.07, 6.45) is 0.770. The molecule has 6 nitrogen and oxygen atoms in total. The number of amidine groups is 1. The van der Waals surface area contributed by atoms with E-state index >= 15 is 0 Å². The topological polar surface area (TPSA) is 71.0 Å². The number of hydrogen-bond acceptors (Lipinski definition) is 5. The van der Waals surface area contributed by atoms with Crippen LogP contribution in [0.5, 0.6) is 5.75 Å². The number of nitrogens with one attached hydrogen (secondary N) is 1. The van der Waals surface area contributed by atoms with Crippen molar-refractivity contribution in [1.82, 2.24) is 10.2 Å². The van der Waals surface area contributed by atoms with Crippen molar-refractivity contribution >= 4 is 34.4 Å². The van der Waals surface area contributed by atoms with Gasteiger partial charge in [0.2, 0.25) is 11.8 Å². The summed E-state index contributed by atoms with van der Waals surface area (Å²) in [4.78, 5) is 32.3. The molecule has 1 atom stereocenters. The number of carbonyl (C=O) groups excluding carboxylic acids is 2. The number of amides is 2. The molecule has 1 aliphatic heterocycles. The fourth-order valence-electron chi connectivity index (χ4n) is 3.62. The van der Waals surface area contributed by atoms with Crippen LogP contribution in [-0.4, -0.2) is 40.8 Å². The zero-order valence-corrected chi connectivity index (χ0v) is 20.1. The quantitative estimate of drug-likeness (QED) is 0.495. The molecule has 4 rings (SSSR count). The van der Waals surface area contributed by atoms with E-state index in [1.54, 1.807) is 48.4 Å². The van der Waals surface area contributed by atoms with E-state index in [9.17, 15) is 14.0 Å². The fraction of sp³-hybridized carbons (Fsp3) is 0.222. The van der Waals surface area contributed by atoms with E-state index in [0.29, 0.717) is 29.6 Å². The molecular formula is C27H26FN3O3S. The zero-order valence-electron chi connectivity index (χ0n) is 19.3. The van der Waals surface area contributed by atoms with Gasteiger partial charge in [0.05, 0.1) is 24.6 Å². The minimum absolute atomic E-state index is 0.0602. The average Bonchev–Trinajstić information content (AvgIpc) is 2.88. The van der Waals surface area contributed by atoms with E-state index in [4.69, 9.17) is 4.74 Å². The molecule has 0 bridgehead atoms. The molecule has 1 saturated heterocycles. The minimum Gasteiger partial charge on any atom is -0.497 e. The molecule has 2 amide bonds. The first kappa shape index (κ1) is 24.5. The smallest absolute Gasteiger partial charge is 0.234 e. The van der Waals surface area contributed by atoms with Crippen LogP contribution < -0.4 is 10.1 Å². The number of ether oxygens (including phenoxy) is 1. The third kappa shape index (κ3) is 6.70. The predicted octanol–water partition coefficient (Wildman–Crippen LogP) is 4.72. The van der Waals surface area contributed by atoms with Gasteiger partial charge in [0.15, 0.2) is 5.17 Å². The Morgan fingerprint density at radius 1 is 1.06 bits per heavy atom. The van der Waals surface area contributed by atoms with Crippen LogP contribution >= 0.6 is 11.8 Å². The van der Waals surface area contributed by atoms with Crippen molar-refractivity contribution in [2.75, 3.05) is 13.7 Å². The lowest BCUT2D eigenvalue weighted by Gasteiger charge is -2.32. The summed E-state index contributed by atoms with van der Waals surface area (Å²) < 4.78 is 18.6. The van der Waals surface area contributed by atoms with Crippen LogP contribution in [0.15, 0.2) is 83.9 Å². The van der Waals surface area contributed by atoms with Gasteiger partial charge in [0.1, 0.15) is 11.6 Å². The predicted molar refractivity (Wildman–Crippen MR) is 136 cm³/mol. The van der Waals surface area contributed by atoms with Gasteiger partial charge in [-0.15, -0.1) is 0 Å². The van der Waals surface area contributed by atoms with Crippen LogP contribution in [0.2, 0.25) is 0 Å². The van der Waals surface area contributed by atoms with Crippen LogP contribution in [0, 0.1) is 5.82 Å². The molecule has 0 aliphatic carbocycles. The third-order valence-corrected chi connectivity index (χ3v) is 6.73. The zero-order chi connectivity index (χ0) is 24.6. The van der Waals surface area contributed by atoms with Crippen LogP contribution in [-0.2, 0) is 22.6 Å². The molecule has 1 N–H and O–H groups in total. The number of carbonyl (C=O) groups is 2. The first-order chi connectivity index (χ1) is 17.0. The molecule has 35 heavy (non-hydrogen) atoms. The summed E-state index contributed by atoms with van der Waals surface area (Å²) in [5.74, 6) is -0.0423. The maximum absolute atomic E-state index is 13.4. The summed E-state index contributed by atoms with van der Waals surface area (Å²) in [6, 6.07) is 23.0. The van der Waals surface area contributed by atoms with E-state index < -0.39 is 5.25 Å². The second-order valence-electron chi connectivity index (χ2n) is 8.04. The van der Waals surface area contributed by atoms with E-state index in [1.165, 1.54) is 23.9 Å². The summed E-state index contributed by atoms with van der Waals surface area (Å²) >= 11 is 1.26. The van der Waals surface area contributed by atoms with E-state index in [0.717, 1.165) is 11.1 Å². The molecule has 8 heteroatoms. The lowest BCUT2D eigenvalue weighted by atomic mass is 10.1. The molecule has 3 aromatic carbocycles. The molecule has 3 aromatic rings. The molecular weight excluding hydrogens is 465 g/mol. The van der Waals surface area contributed by atoms with Crippen molar-refractivity contribution < 1.29 is 18.7 Å². The van der Waals surface area contributed by atoms with E-state index in [-0.39, 0.29) is 30.6 Å².